The molecule has 3 aromatic rings. The summed E-state index contributed by atoms with van der Waals surface area (Å²) < 4.78 is 6.92. The fourth-order valence-corrected chi connectivity index (χ4v) is 2.99. The van der Waals surface area contributed by atoms with Gasteiger partial charge in [-0.25, -0.2) is 0 Å². The Morgan fingerprint density at radius 2 is 1.48 bits per heavy atom. The number of hydrogen-bond donors (Lipinski definition) is 1. The number of amides is 1. The van der Waals surface area contributed by atoms with Crippen molar-refractivity contribution in [3.63, 3.8) is 0 Å². The molecule has 0 saturated heterocycles. The highest BCUT2D eigenvalue weighted by molar-refractivity contribution is 6.03. The molecule has 3 rings (SSSR count). The maximum Gasteiger partial charge on any atom is 0.262 e. The minimum absolute atomic E-state index is 0.189. The summed E-state index contributed by atoms with van der Waals surface area (Å²) in [6.07, 6.45) is 0. The average molecular weight is 334 g/mol. The van der Waals surface area contributed by atoms with E-state index >= 15 is 0 Å². The van der Waals surface area contributed by atoms with Crippen molar-refractivity contribution >= 4 is 5.91 Å². The molecule has 0 atom stereocenters. The molecule has 2 N–H and O–H groups in total. The van der Waals surface area contributed by atoms with Gasteiger partial charge in [0.1, 0.15) is 11.3 Å². The number of nitrogens with two attached hydrogens (primary N) is 1. The highest BCUT2D eigenvalue weighted by atomic mass is 16.5. The van der Waals surface area contributed by atoms with Gasteiger partial charge in [-0.3, -0.25) is 9.59 Å². The number of hydrogen-bond acceptors (Lipinski definition) is 3. The lowest BCUT2D eigenvalue weighted by atomic mass is 9.97. The van der Waals surface area contributed by atoms with Crippen LogP contribution in [0.2, 0.25) is 0 Å². The Balaban J connectivity index is 2.47. The molecule has 126 valence electrons. The third kappa shape index (κ3) is 2.80. The third-order valence-corrected chi connectivity index (χ3v) is 4.11. The predicted molar refractivity (Wildman–Crippen MR) is 97.6 cm³/mol. The second kappa shape index (κ2) is 6.65. The molecule has 0 aliphatic heterocycles. The van der Waals surface area contributed by atoms with Gasteiger partial charge in [0, 0.05) is 7.05 Å². The van der Waals surface area contributed by atoms with E-state index < -0.39 is 5.91 Å². The molecule has 0 spiro atoms. The van der Waals surface area contributed by atoms with Crippen molar-refractivity contribution in [2.45, 2.75) is 0 Å². The van der Waals surface area contributed by atoms with Crippen LogP contribution < -0.4 is 16.0 Å². The van der Waals surface area contributed by atoms with Crippen molar-refractivity contribution in [1.82, 2.24) is 4.57 Å². The van der Waals surface area contributed by atoms with E-state index in [0.29, 0.717) is 22.4 Å². The first-order valence-corrected chi connectivity index (χ1v) is 7.78. The van der Waals surface area contributed by atoms with Gasteiger partial charge in [-0.1, -0.05) is 60.7 Å². The molecule has 1 heterocycles. The minimum Gasteiger partial charge on any atom is -0.495 e. The van der Waals surface area contributed by atoms with Gasteiger partial charge in [0.15, 0.2) is 0 Å². The molecule has 25 heavy (non-hydrogen) atoms. The van der Waals surface area contributed by atoms with Crippen molar-refractivity contribution in [1.29, 1.82) is 0 Å². The first kappa shape index (κ1) is 16.5. The summed E-state index contributed by atoms with van der Waals surface area (Å²) in [4.78, 5) is 25.3. The lowest BCUT2D eigenvalue weighted by molar-refractivity contribution is 0.0997. The maximum atomic E-state index is 13.0. The second-order valence-electron chi connectivity index (χ2n) is 5.59. The molecule has 5 nitrogen and oxygen atoms in total. The number of carbonyl (C=O) groups is 1. The Morgan fingerprint density at radius 3 is 1.96 bits per heavy atom. The van der Waals surface area contributed by atoms with Crippen molar-refractivity contribution in [2.75, 3.05) is 7.11 Å². The lowest BCUT2D eigenvalue weighted by Gasteiger charge is -2.19. The van der Waals surface area contributed by atoms with E-state index in [1.54, 1.807) is 19.2 Å². The smallest absolute Gasteiger partial charge is 0.262 e. The van der Waals surface area contributed by atoms with Crippen LogP contribution in [0.3, 0.4) is 0 Å². The van der Waals surface area contributed by atoms with Crippen LogP contribution in [0.15, 0.2) is 65.5 Å². The quantitative estimate of drug-likeness (QED) is 0.797. The molecule has 1 amide bonds. The Hall–Kier alpha value is -3.34. The summed E-state index contributed by atoms with van der Waals surface area (Å²) in [6, 6.07) is 18.3. The van der Waals surface area contributed by atoms with Crippen LogP contribution in [-0.4, -0.2) is 17.6 Å². The van der Waals surface area contributed by atoms with Gasteiger partial charge in [0.2, 0.25) is 0 Å². The number of benzene rings is 2. The first-order chi connectivity index (χ1) is 12.1. The van der Waals surface area contributed by atoms with Gasteiger partial charge in [0.05, 0.1) is 18.4 Å². The molecule has 5 heteroatoms. The standard InChI is InChI=1S/C20H18N2O3/c1-22-17(14-11-7-4-8-12-14)16(19(21)23)18(25-2)15(20(22)24)13-9-5-3-6-10-13/h3-12H,1-2H3,(H2,21,23). The van der Waals surface area contributed by atoms with Crippen LogP contribution in [0.25, 0.3) is 22.4 Å². The molecule has 0 bridgehead atoms. The number of pyridine rings is 1. The van der Waals surface area contributed by atoms with E-state index in [2.05, 4.69) is 0 Å². The maximum absolute atomic E-state index is 13.0. The molecular weight excluding hydrogens is 316 g/mol. The largest absolute Gasteiger partial charge is 0.495 e. The normalized spacial score (nSPS) is 10.5. The fourth-order valence-electron chi connectivity index (χ4n) is 2.99. The third-order valence-electron chi connectivity index (χ3n) is 4.11. The van der Waals surface area contributed by atoms with Crippen molar-refractivity contribution in [3.8, 4) is 28.1 Å². The van der Waals surface area contributed by atoms with Crippen LogP contribution in [0.1, 0.15) is 10.4 Å². The predicted octanol–water partition coefficient (Wildman–Crippen LogP) is 2.83. The average Bonchev–Trinajstić information content (AvgIpc) is 2.64. The Morgan fingerprint density at radius 1 is 0.960 bits per heavy atom. The number of primary amides is 1. The zero-order valence-electron chi connectivity index (χ0n) is 14.0. The van der Waals surface area contributed by atoms with E-state index in [0.717, 1.165) is 0 Å². The van der Waals surface area contributed by atoms with Crippen LogP contribution in [0, 0.1) is 0 Å². The SMILES string of the molecule is COc1c(C(N)=O)c(-c2ccccc2)n(C)c(=O)c1-c1ccccc1. The molecule has 2 aromatic carbocycles. The van der Waals surface area contributed by atoms with E-state index in [1.807, 2.05) is 48.5 Å². The summed E-state index contributed by atoms with van der Waals surface area (Å²) in [7, 11) is 3.06. The number of aromatic nitrogens is 1. The summed E-state index contributed by atoms with van der Waals surface area (Å²) in [5, 5.41) is 0. The van der Waals surface area contributed by atoms with Gasteiger partial charge in [0.25, 0.3) is 11.5 Å². The topological polar surface area (TPSA) is 74.3 Å². The van der Waals surface area contributed by atoms with Crippen LogP contribution in [0.5, 0.6) is 5.75 Å². The highest BCUT2D eigenvalue weighted by Crippen LogP contribution is 2.35. The Labute approximate surface area is 145 Å². The fraction of sp³-hybridized carbons (Fsp3) is 0.100. The number of methoxy groups -OCH3 is 1. The van der Waals surface area contributed by atoms with E-state index in [1.165, 1.54) is 11.7 Å². The van der Waals surface area contributed by atoms with Crippen LogP contribution in [-0.2, 0) is 7.05 Å². The molecule has 0 saturated carbocycles. The number of carbonyl (C=O) groups excluding carboxylic acids is 1. The second-order valence-corrected chi connectivity index (χ2v) is 5.59. The molecule has 0 aliphatic rings. The van der Waals surface area contributed by atoms with Gasteiger partial charge < -0.3 is 15.0 Å². The first-order valence-electron chi connectivity index (χ1n) is 7.78. The Kier molecular flexibility index (Phi) is 4.39. The van der Waals surface area contributed by atoms with E-state index in [-0.39, 0.29) is 16.9 Å². The van der Waals surface area contributed by atoms with Crippen LogP contribution in [0.4, 0.5) is 0 Å². The molecular formula is C20H18N2O3. The molecule has 0 fully saturated rings. The zero-order chi connectivity index (χ0) is 18.0. The number of nitrogens with zero attached hydrogens (tertiary/aromatic N) is 1. The molecule has 0 aliphatic carbocycles. The molecule has 0 unspecified atom stereocenters. The van der Waals surface area contributed by atoms with Gasteiger partial charge >= 0.3 is 0 Å². The summed E-state index contributed by atoms with van der Waals surface area (Å²) in [5.74, 6) is -0.455. The van der Waals surface area contributed by atoms with Gasteiger partial charge in [-0.2, -0.15) is 0 Å². The van der Waals surface area contributed by atoms with E-state index in [9.17, 15) is 9.59 Å². The summed E-state index contributed by atoms with van der Waals surface area (Å²) in [6.45, 7) is 0. The number of ether oxygens (including phenoxy) is 1. The van der Waals surface area contributed by atoms with Crippen molar-refractivity contribution in [2.24, 2.45) is 12.8 Å². The number of rotatable bonds is 4. The van der Waals surface area contributed by atoms with E-state index in [4.69, 9.17) is 10.5 Å². The monoisotopic (exact) mass is 334 g/mol. The van der Waals surface area contributed by atoms with Crippen LogP contribution >= 0.6 is 0 Å². The van der Waals surface area contributed by atoms with Crippen molar-refractivity contribution in [3.05, 3.63) is 76.6 Å². The van der Waals surface area contributed by atoms with Gasteiger partial charge in [-0.15, -0.1) is 0 Å². The zero-order valence-corrected chi connectivity index (χ0v) is 14.0. The molecule has 1 aromatic heterocycles. The highest BCUT2D eigenvalue weighted by Gasteiger charge is 2.26. The summed E-state index contributed by atoms with van der Waals surface area (Å²) >= 11 is 0. The Bertz CT molecular complexity index is 977. The lowest BCUT2D eigenvalue weighted by Crippen LogP contribution is -2.27. The summed E-state index contributed by atoms with van der Waals surface area (Å²) in [5.41, 5.74) is 7.74. The van der Waals surface area contributed by atoms with Crippen molar-refractivity contribution < 1.29 is 9.53 Å². The van der Waals surface area contributed by atoms with Gasteiger partial charge in [-0.05, 0) is 11.1 Å². The minimum atomic E-state index is -0.650. The molecule has 0 radical (unpaired) electrons.